The average molecular weight is 918 g/mol. The number of nitriles is 2. The van der Waals surface area contributed by atoms with Crippen LogP contribution >= 0.6 is 0 Å². The number of hydrogen-bond donors (Lipinski definition) is 1. The van der Waals surface area contributed by atoms with Gasteiger partial charge >= 0.3 is 0 Å². The SMILES string of the molecule is [C-]#[N+]c1cc(F)c(-c2nc3c4c(nc(-c5c(F)cc(C#N)cc5F)n4-c4ccccc4)c4c(nc(-c5c(F)cc(C#N)cc5F)n4-c4ccc(S(=O)(=O)O)cc4)c3n2-c2ccccc2)c(F)c1. The molecule has 12 nitrogen and oxygen atoms in total. The summed E-state index contributed by atoms with van der Waals surface area (Å²) in [6.45, 7) is 7.42. The predicted molar refractivity (Wildman–Crippen MR) is 232 cm³/mol. The molecule has 7 aromatic carbocycles. The van der Waals surface area contributed by atoms with Crippen LogP contribution in [0.4, 0.5) is 32.0 Å². The molecule has 10 rings (SSSR count). The Bertz CT molecular complexity index is 3860. The molecular formula is C48H21F6N9O3S. The number of halogens is 6. The molecule has 3 aromatic heterocycles. The van der Waals surface area contributed by atoms with Gasteiger partial charge in [0.25, 0.3) is 10.1 Å². The number of hydrogen-bond acceptors (Lipinski definition) is 7. The first kappa shape index (κ1) is 41.9. The summed E-state index contributed by atoms with van der Waals surface area (Å²) in [7, 11) is -4.80. The van der Waals surface area contributed by atoms with E-state index in [0.717, 1.165) is 53.1 Å². The van der Waals surface area contributed by atoms with E-state index >= 15 is 26.3 Å². The fourth-order valence-corrected chi connectivity index (χ4v) is 8.61. The Morgan fingerprint density at radius 3 is 1.12 bits per heavy atom. The Hall–Kier alpha value is -9.09. The summed E-state index contributed by atoms with van der Waals surface area (Å²) in [5.41, 5.74) is -4.14. The van der Waals surface area contributed by atoms with Gasteiger partial charge in [-0.1, -0.05) is 36.4 Å². The third-order valence-electron chi connectivity index (χ3n) is 10.9. The van der Waals surface area contributed by atoms with E-state index in [9.17, 15) is 23.5 Å². The maximum Gasteiger partial charge on any atom is 0.294 e. The van der Waals surface area contributed by atoms with Gasteiger partial charge in [0, 0.05) is 17.1 Å². The van der Waals surface area contributed by atoms with Crippen LogP contribution in [0.3, 0.4) is 0 Å². The summed E-state index contributed by atoms with van der Waals surface area (Å²) in [6.07, 6.45) is 0. The summed E-state index contributed by atoms with van der Waals surface area (Å²) in [5.74, 6) is -8.87. The normalized spacial score (nSPS) is 11.6. The van der Waals surface area contributed by atoms with E-state index in [2.05, 4.69) is 4.85 Å². The zero-order chi connectivity index (χ0) is 47.1. The lowest BCUT2D eigenvalue weighted by molar-refractivity contribution is 0.483. The maximum atomic E-state index is 16.4. The van der Waals surface area contributed by atoms with Gasteiger partial charge in [0.05, 0.1) is 51.4 Å². The second-order valence-electron chi connectivity index (χ2n) is 14.8. The molecule has 1 N–H and O–H groups in total. The smallest absolute Gasteiger partial charge is 0.290 e. The van der Waals surface area contributed by atoms with Gasteiger partial charge in [-0.05, 0) is 84.9 Å². The molecule has 324 valence electrons. The molecule has 0 radical (unpaired) electrons. The highest BCUT2D eigenvalue weighted by Gasteiger charge is 2.34. The van der Waals surface area contributed by atoms with Gasteiger partial charge in [0.15, 0.2) is 23.2 Å². The van der Waals surface area contributed by atoms with Crippen LogP contribution < -0.4 is 0 Å². The lowest BCUT2D eigenvalue weighted by Crippen LogP contribution is -2.03. The third-order valence-corrected chi connectivity index (χ3v) is 11.8. The van der Waals surface area contributed by atoms with Crippen LogP contribution in [0.15, 0.2) is 126 Å². The van der Waals surface area contributed by atoms with E-state index in [1.54, 1.807) is 72.8 Å². The highest BCUT2D eigenvalue weighted by molar-refractivity contribution is 7.85. The maximum absolute atomic E-state index is 16.4. The van der Waals surface area contributed by atoms with Crippen molar-refractivity contribution in [2.24, 2.45) is 0 Å². The summed E-state index contributed by atoms with van der Waals surface area (Å²) in [4.78, 5) is 17.1. The van der Waals surface area contributed by atoms with E-state index in [1.165, 1.54) is 21.3 Å². The summed E-state index contributed by atoms with van der Waals surface area (Å²) in [6, 6.07) is 28.3. The summed E-state index contributed by atoms with van der Waals surface area (Å²) < 4.78 is 137. The molecule has 0 saturated heterocycles. The van der Waals surface area contributed by atoms with E-state index in [0.29, 0.717) is 0 Å². The van der Waals surface area contributed by atoms with Crippen molar-refractivity contribution in [2.75, 3.05) is 0 Å². The molecular weight excluding hydrogens is 897 g/mol. The molecule has 0 bridgehead atoms. The van der Waals surface area contributed by atoms with Gasteiger partial charge in [0.2, 0.25) is 0 Å². The Labute approximate surface area is 373 Å². The average Bonchev–Trinajstić information content (AvgIpc) is 4.01. The molecule has 0 unspecified atom stereocenters. The minimum absolute atomic E-state index is 0.0712. The van der Waals surface area contributed by atoms with Gasteiger partial charge in [-0.25, -0.2) is 46.1 Å². The Morgan fingerprint density at radius 2 is 0.821 bits per heavy atom. The van der Waals surface area contributed by atoms with Gasteiger partial charge in [-0.3, -0.25) is 18.3 Å². The molecule has 67 heavy (non-hydrogen) atoms. The van der Waals surface area contributed by atoms with Crippen LogP contribution in [0.25, 0.3) is 89.2 Å². The fourth-order valence-electron chi connectivity index (χ4n) is 8.13. The number of aromatic nitrogens is 6. The van der Waals surface area contributed by atoms with Crippen LogP contribution in [0.5, 0.6) is 0 Å². The molecule has 0 aliphatic heterocycles. The van der Waals surface area contributed by atoms with Crippen LogP contribution in [0.2, 0.25) is 0 Å². The van der Waals surface area contributed by atoms with Crippen molar-refractivity contribution in [1.29, 1.82) is 10.5 Å². The molecule has 3 heterocycles. The monoisotopic (exact) mass is 917 g/mol. The zero-order valence-corrected chi connectivity index (χ0v) is 34.3. The fraction of sp³-hybridized carbons (Fsp3) is 0. The molecule has 0 amide bonds. The molecule has 0 saturated carbocycles. The van der Waals surface area contributed by atoms with Crippen molar-refractivity contribution in [3.05, 3.63) is 179 Å². The van der Waals surface area contributed by atoms with E-state index < -0.39 is 89.6 Å². The summed E-state index contributed by atoms with van der Waals surface area (Å²) in [5, 5.41) is 19.2. The third kappa shape index (κ3) is 6.63. The van der Waals surface area contributed by atoms with Crippen LogP contribution in [-0.2, 0) is 10.1 Å². The summed E-state index contributed by atoms with van der Waals surface area (Å²) >= 11 is 0. The number of benzene rings is 7. The van der Waals surface area contributed by atoms with E-state index in [1.807, 2.05) is 0 Å². The van der Waals surface area contributed by atoms with Crippen molar-refractivity contribution in [1.82, 2.24) is 28.7 Å². The van der Waals surface area contributed by atoms with Crippen molar-refractivity contribution in [3.8, 4) is 63.4 Å². The van der Waals surface area contributed by atoms with Crippen molar-refractivity contribution >= 4 is 48.9 Å². The Morgan fingerprint density at radius 1 is 0.507 bits per heavy atom. The first-order valence-corrected chi connectivity index (χ1v) is 20.9. The Balaban J connectivity index is 1.53. The largest absolute Gasteiger partial charge is 0.294 e. The zero-order valence-electron chi connectivity index (χ0n) is 33.5. The predicted octanol–water partition coefficient (Wildman–Crippen LogP) is 11.1. The number of imidazole rings is 3. The molecule has 0 aliphatic rings. The van der Waals surface area contributed by atoms with Crippen LogP contribution in [0.1, 0.15) is 11.1 Å². The molecule has 0 aliphatic carbocycles. The van der Waals surface area contributed by atoms with Gasteiger partial charge in [0.1, 0.15) is 68.0 Å². The standard InChI is InChI=1S/C48H21F6N9O3S/c1-57-26-20-35(53)39(36(54)21-26)48-60-40-43-41(58-46(61(43)27-8-4-2-5-9-27)37-31(49)16-24(22-55)17-32(37)50)45-42(44(40)62(48)28-10-6-3-7-11-28)59-47(38-33(51)18-25(23-56)19-34(38)52)63(45)29-12-14-30(15-13-29)67(64,65)66/h2-21H,(H,64,65,66). The van der Waals surface area contributed by atoms with Gasteiger partial charge in [-0.2, -0.15) is 18.9 Å². The molecule has 0 spiro atoms. The molecule has 19 heteroatoms. The topological polar surface area (TPSA) is 160 Å². The number of para-hydroxylation sites is 2. The minimum Gasteiger partial charge on any atom is -0.290 e. The van der Waals surface area contributed by atoms with Crippen molar-refractivity contribution in [2.45, 2.75) is 4.90 Å². The molecule has 0 fully saturated rings. The van der Waals surface area contributed by atoms with Crippen molar-refractivity contribution < 1.29 is 39.3 Å². The number of nitrogens with zero attached hydrogens (tertiary/aromatic N) is 9. The molecule has 10 aromatic rings. The minimum atomic E-state index is -4.80. The van der Waals surface area contributed by atoms with Crippen LogP contribution in [-0.4, -0.2) is 41.6 Å². The van der Waals surface area contributed by atoms with Gasteiger partial charge < -0.3 is 0 Å². The van der Waals surface area contributed by atoms with Gasteiger partial charge in [-0.15, -0.1) is 0 Å². The highest BCUT2D eigenvalue weighted by atomic mass is 32.2. The quantitative estimate of drug-likeness (QED) is 0.0939. The lowest BCUT2D eigenvalue weighted by atomic mass is 10.1. The second-order valence-corrected chi connectivity index (χ2v) is 16.2. The van der Waals surface area contributed by atoms with E-state index in [4.69, 9.17) is 21.5 Å². The van der Waals surface area contributed by atoms with Crippen molar-refractivity contribution in [3.63, 3.8) is 0 Å². The highest BCUT2D eigenvalue weighted by Crippen LogP contribution is 2.46. The first-order valence-electron chi connectivity index (χ1n) is 19.5. The van der Waals surface area contributed by atoms with Crippen LogP contribution in [0, 0.1) is 64.1 Å². The number of fused-ring (bicyclic) bond motifs is 6. The second kappa shape index (κ2) is 15.6. The molecule has 0 atom stereocenters. The lowest BCUT2D eigenvalue weighted by Gasteiger charge is -2.13. The first-order chi connectivity index (χ1) is 32.2. The van der Waals surface area contributed by atoms with E-state index in [-0.39, 0.29) is 61.4 Å². The number of rotatable bonds is 7. The Kier molecular flexibility index (Phi) is 9.73.